The summed E-state index contributed by atoms with van der Waals surface area (Å²) in [5.41, 5.74) is 6.16. The maximum atomic E-state index is 12.4. The van der Waals surface area contributed by atoms with Crippen LogP contribution >= 0.6 is 11.6 Å². The van der Waals surface area contributed by atoms with Gasteiger partial charge in [-0.25, -0.2) is 0 Å². The fourth-order valence-electron chi connectivity index (χ4n) is 2.76. The Balaban J connectivity index is 2.30. The molecule has 0 aliphatic heterocycles. The molecule has 10 heteroatoms. The maximum absolute atomic E-state index is 12.4. The van der Waals surface area contributed by atoms with Gasteiger partial charge in [-0.2, -0.15) is 15.0 Å². The van der Waals surface area contributed by atoms with Crippen LogP contribution in [0.25, 0.3) is 27.8 Å². The highest BCUT2D eigenvalue weighted by Gasteiger charge is 2.23. The van der Waals surface area contributed by atoms with E-state index in [0.717, 1.165) is 0 Å². The predicted octanol–water partition coefficient (Wildman–Crippen LogP) is 1.61. The number of benzene rings is 1. The minimum Gasteiger partial charge on any atom is -0.381 e. The van der Waals surface area contributed by atoms with Crippen molar-refractivity contribution in [3.63, 3.8) is 0 Å². The van der Waals surface area contributed by atoms with Crippen molar-refractivity contribution in [2.24, 2.45) is 0 Å². The average Bonchev–Trinajstić information content (AvgIpc) is 3.00. The average molecular weight is 363 g/mol. The fourth-order valence-corrected chi connectivity index (χ4v) is 2.99. The number of nitrogen functional groups attached to an aromatic ring is 1. The van der Waals surface area contributed by atoms with Crippen LogP contribution in [-0.4, -0.2) is 24.8 Å². The summed E-state index contributed by atoms with van der Waals surface area (Å²) in [5, 5.41) is 31.3. The Labute approximate surface area is 149 Å². The SMILES string of the molecule is N#Cc1nnc2c3c(-c4ccccc4Cl)c(C#N)c(=O)[nH]c3nn2c1N. The van der Waals surface area contributed by atoms with E-state index < -0.39 is 5.56 Å². The topological polar surface area (TPSA) is 150 Å². The second-order valence-corrected chi connectivity index (χ2v) is 5.71. The molecular formula is C16H7ClN8O. The minimum absolute atomic E-state index is 0.0295. The summed E-state index contributed by atoms with van der Waals surface area (Å²) in [5.74, 6) is -0.0295. The van der Waals surface area contributed by atoms with Crippen molar-refractivity contribution in [3.05, 3.63) is 50.9 Å². The van der Waals surface area contributed by atoms with Crippen molar-refractivity contribution < 1.29 is 0 Å². The highest BCUT2D eigenvalue weighted by molar-refractivity contribution is 6.34. The largest absolute Gasteiger partial charge is 0.381 e. The number of fused-ring (bicyclic) bond motifs is 3. The lowest BCUT2D eigenvalue weighted by molar-refractivity contribution is 0.896. The Morgan fingerprint density at radius 1 is 1.19 bits per heavy atom. The lowest BCUT2D eigenvalue weighted by Gasteiger charge is -2.07. The zero-order chi connectivity index (χ0) is 18.4. The molecule has 0 aliphatic carbocycles. The summed E-state index contributed by atoms with van der Waals surface area (Å²) in [6.45, 7) is 0. The van der Waals surface area contributed by atoms with Crippen molar-refractivity contribution in [1.82, 2.24) is 24.8 Å². The quantitative estimate of drug-likeness (QED) is 0.522. The number of H-pyrrole nitrogens is 1. The Morgan fingerprint density at radius 2 is 1.96 bits per heavy atom. The smallest absolute Gasteiger partial charge is 0.268 e. The highest BCUT2D eigenvalue weighted by Crippen LogP contribution is 2.35. The number of nitrogens with one attached hydrogen (secondary N) is 1. The summed E-state index contributed by atoms with van der Waals surface area (Å²) >= 11 is 6.28. The monoisotopic (exact) mass is 362 g/mol. The number of hydrogen-bond acceptors (Lipinski definition) is 7. The van der Waals surface area contributed by atoms with E-state index >= 15 is 0 Å². The van der Waals surface area contributed by atoms with Gasteiger partial charge in [-0.05, 0) is 6.07 Å². The number of nitrogens with two attached hydrogens (primary N) is 1. The number of aromatic nitrogens is 5. The van der Waals surface area contributed by atoms with Crippen LogP contribution in [0.15, 0.2) is 29.1 Å². The van der Waals surface area contributed by atoms with Crippen molar-refractivity contribution in [3.8, 4) is 23.3 Å². The Hall–Kier alpha value is -3.95. The Kier molecular flexibility index (Phi) is 3.32. The van der Waals surface area contributed by atoms with Crippen molar-refractivity contribution >= 4 is 34.1 Å². The first kappa shape index (κ1) is 15.6. The molecule has 0 saturated carbocycles. The van der Waals surface area contributed by atoms with Gasteiger partial charge in [0, 0.05) is 16.1 Å². The summed E-state index contributed by atoms with van der Waals surface area (Å²) in [6, 6.07) is 10.5. The van der Waals surface area contributed by atoms with Gasteiger partial charge in [0.05, 0.1) is 5.39 Å². The summed E-state index contributed by atoms with van der Waals surface area (Å²) in [6.07, 6.45) is 0. The van der Waals surface area contributed by atoms with Gasteiger partial charge < -0.3 is 10.7 Å². The minimum atomic E-state index is -0.620. The fraction of sp³-hybridized carbons (Fsp3) is 0. The van der Waals surface area contributed by atoms with Gasteiger partial charge in [-0.15, -0.1) is 15.3 Å². The number of nitriles is 2. The molecule has 3 heterocycles. The van der Waals surface area contributed by atoms with Crippen LogP contribution in [0, 0.1) is 22.7 Å². The third-order valence-corrected chi connectivity index (χ3v) is 4.23. The van der Waals surface area contributed by atoms with Crippen molar-refractivity contribution in [2.45, 2.75) is 0 Å². The first-order valence-corrected chi connectivity index (χ1v) is 7.60. The van der Waals surface area contributed by atoms with E-state index in [9.17, 15) is 10.1 Å². The van der Waals surface area contributed by atoms with Gasteiger partial charge >= 0.3 is 0 Å². The van der Waals surface area contributed by atoms with Crippen LogP contribution < -0.4 is 11.3 Å². The third kappa shape index (κ3) is 2.02. The number of anilines is 1. The number of hydrogen-bond donors (Lipinski definition) is 2. The van der Waals surface area contributed by atoms with E-state index in [1.165, 1.54) is 4.52 Å². The molecule has 0 amide bonds. The van der Waals surface area contributed by atoms with E-state index in [1.807, 2.05) is 12.1 Å². The standard InChI is InChI=1S/C16H7ClN8O/c17-9-4-2-1-3-7(9)11-8(5-18)16(26)21-14-12(11)15-23-22-10(6-19)13(20)25(15)24-14/h1-4H,20H2,(H,21,24,26). The Morgan fingerprint density at radius 3 is 2.65 bits per heavy atom. The number of halogens is 1. The zero-order valence-corrected chi connectivity index (χ0v) is 13.6. The van der Waals surface area contributed by atoms with Gasteiger partial charge in [-0.1, -0.05) is 29.8 Å². The maximum Gasteiger partial charge on any atom is 0.268 e. The van der Waals surface area contributed by atoms with Crippen molar-refractivity contribution in [1.29, 1.82) is 10.5 Å². The van der Waals surface area contributed by atoms with E-state index in [0.29, 0.717) is 16.0 Å². The lowest BCUT2D eigenvalue weighted by atomic mass is 9.98. The summed E-state index contributed by atoms with van der Waals surface area (Å²) in [4.78, 5) is 14.9. The molecule has 0 radical (unpaired) electrons. The molecule has 0 fully saturated rings. The molecule has 26 heavy (non-hydrogen) atoms. The Bertz CT molecular complexity index is 1360. The molecular weight excluding hydrogens is 356 g/mol. The normalized spacial score (nSPS) is 10.7. The molecule has 4 aromatic rings. The summed E-state index contributed by atoms with van der Waals surface area (Å²) < 4.78 is 1.20. The summed E-state index contributed by atoms with van der Waals surface area (Å²) in [7, 11) is 0. The molecule has 0 spiro atoms. The second kappa shape index (κ2) is 5.55. The van der Waals surface area contributed by atoms with Crippen LogP contribution in [0.3, 0.4) is 0 Å². The van der Waals surface area contributed by atoms with E-state index in [1.54, 1.807) is 24.3 Å². The van der Waals surface area contributed by atoms with Gasteiger partial charge in [0.15, 0.2) is 17.1 Å². The second-order valence-electron chi connectivity index (χ2n) is 5.30. The molecule has 3 N–H and O–H groups in total. The highest BCUT2D eigenvalue weighted by atomic mass is 35.5. The molecule has 4 rings (SSSR count). The number of pyridine rings is 1. The van der Waals surface area contributed by atoms with Gasteiger partial charge in [0.1, 0.15) is 17.7 Å². The van der Waals surface area contributed by atoms with Crippen molar-refractivity contribution in [2.75, 3.05) is 5.73 Å². The van der Waals surface area contributed by atoms with E-state index in [4.69, 9.17) is 22.6 Å². The van der Waals surface area contributed by atoms with Gasteiger partial charge in [-0.3, -0.25) is 4.79 Å². The lowest BCUT2D eigenvalue weighted by Crippen LogP contribution is -2.12. The number of nitrogens with zero attached hydrogens (tertiary/aromatic N) is 6. The first-order valence-electron chi connectivity index (χ1n) is 7.22. The molecule has 9 nitrogen and oxygen atoms in total. The predicted molar refractivity (Wildman–Crippen MR) is 93.2 cm³/mol. The van der Waals surface area contributed by atoms with Crippen LogP contribution in [0.4, 0.5) is 5.82 Å². The molecule has 1 aromatic carbocycles. The first-order chi connectivity index (χ1) is 12.6. The molecule has 0 saturated heterocycles. The van der Waals surface area contributed by atoms with Crippen LogP contribution in [0.1, 0.15) is 11.3 Å². The van der Waals surface area contributed by atoms with Crippen LogP contribution in [-0.2, 0) is 0 Å². The molecule has 3 aromatic heterocycles. The molecule has 0 atom stereocenters. The van der Waals surface area contributed by atoms with Crippen LogP contribution in [0.2, 0.25) is 5.02 Å². The number of aromatic amines is 1. The molecule has 0 bridgehead atoms. The van der Waals surface area contributed by atoms with Crippen LogP contribution in [0.5, 0.6) is 0 Å². The molecule has 0 aliphatic rings. The molecule has 124 valence electrons. The molecule has 0 unspecified atom stereocenters. The zero-order valence-electron chi connectivity index (χ0n) is 12.9. The van der Waals surface area contributed by atoms with E-state index in [2.05, 4.69) is 20.3 Å². The third-order valence-electron chi connectivity index (χ3n) is 3.90. The van der Waals surface area contributed by atoms with Gasteiger partial charge in [0.25, 0.3) is 5.56 Å². The number of rotatable bonds is 1. The van der Waals surface area contributed by atoms with Gasteiger partial charge in [0.2, 0.25) is 5.69 Å². The van der Waals surface area contributed by atoms with E-state index in [-0.39, 0.29) is 33.9 Å².